The Labute approximate surface area is 179 Å². The van der Waals surface area contributed by atoms with Crippen molar-refractivity contribution in [2.45, 2.75) is 18.9 Å². The number of fused-ring (bicyclic) bond motifs is 1. The minimum Gasteiger partial charge on any atom is -0.362 e. The third-order valence-electron chi connectivity index (χ3n) is 5.91. The van der Waals surface area contributed by atoms with Crippen LogP contribution in [-0.4, -0.2) is 29.7 Å². The van der Waals surface area contributed by atoms with Gasteiger partial charge in [-0.15, -0.1) is 0 Å². The number of rotatable bonds is 4. The Morgan fingerprint density at radius 2 is 1.61 bits per heavy atom. The van der Waals surface area contributed by atoms with Gasteiger partial charge in [-0.1, -0.05) is 42.5 Å². The summed E-state index contributed by atoms with van der Waals surface area (Å²) in [4.78, 5) is 15.4. The first-order valence-corrected chi connectivity index (χ1v) is 10.3. The van der Waals surface area contributed by atoms with E-state index in [9.17, 15) is 13.6 Å². The van der Waals surface area contributed by atoms with E-state index in [1.807, 2.05) is 18.2 Å². The van der Waals surface area contributed by atoms with E-state index in [0.29, 0.717) is 12.1 Å². The van der Waals surface area contributed by atoms with Crippen LogP contribution in [-0.2, 0) is 11.2 Å². The summed E-state index contributed by atoms with van der Waals surface area (Å²) in [6, 6.07) is 20.0. The summed E-state index contributed by atoms with van der Waals surface area (Å²) < 4.78 is 26.8. The lowest BCUT2D eigenvalue weighted by Gasteiger charge is -2.26. The van der Waals surface area contributed by atoms with Crippen molar-refractivity contribution in [3.05, 3.63) is 101 Å². The average molecular weight is 417 g/mol. The average Bonchev–Trinajstić information content (AvgIpc) is 3.40. The molecule has 0 saturated carbocycles. The van der Waals surface area contributed by atoms with Gasteiger partial charge in [0.2, 0.25) is 0 Å². The second kappa shape index (κ2) is 7.95. The van der Waals surface area contributed by atoms with E-state index in [4.69, 9.17) is 0 Å². The first-order chi connectivity index (χ1) is 15.1. The van der Waals surface area contributed by atoms with Gasteiger partial charge in [0.15, 0.2) is 0 Å². The molecule has 3 aromatic carbocycles. The highest BCUT2D eigenvalue weighted by Gasteiger charge is 2.34. The zero-order valence-corrected chi connectivity index (χ0v) is 16.8. The summed E-state index contributed by atoms with van der Waals surface area (Å²) >= 11 is 0. The third kappa shape index (κ3) is 3.81. The maximum atomic E-state index is 13.5. The minimum absolute atomic E-state index is 0.122. The van der Waals surface area contributed by atoms with E-state index in [1.54, 1.807) is 24.3 Å². The Hall–Kier alpha value is -3.54. The Balaban J connectivity index is 1.44. The number of anilines is 1. The van der Waals surface area contributed by atoms with Gasteiger partial charge in [0.05, 0.1) is 18.3 Å². The van der Waals surface area contributed by atoms with E-state index in [-0.39, 0.29) is 30.1 Å². The standard InChI is InChI=1S/C25H21F2N3O/c26-20-9-5-17(6-10-20)22-15-24(19-7-11-21(27)12-8-19)30(28-22)25(31)16-29-14-13-18-3-1-2-4-23(18)29/h1-12,24H,13-16H2/t24-/m0/s1. The largest absolute Gasteiger partial charge is 0.362 e. The number of para-hydroxylation sites is 1. The molecule has 0 aromatic heterocycles. The SMILES string of the molecule is O=C(CN1CCc2ccccc21)N1N=C(c2ccc(F)cc2)C[C@H]1c1ccc(F)cc1. The lowest BCUT2D eigenvalue weighted by molar-refractivity contribution is -0.131. The summed E-state index contributed by atoms with van der Waals surface area (Å²) in [6.45, 7) is 1.00. The smallest absolute Gasteiger partial charge is 0.262 e. The van der Waals surface area contributed by atoms with Crippen molar-refractivity contribution >= 4 is 17.3 Å². The van der Waals surface area contributed by atoms with Gasteiger partial charge in [-0.25, -0.2) is 13.8 Å². The second-order valence-electron chi connectivity index (χ2n) is 7.86. The maximum absolute atomic E-state index is 13.5. The number of hydrogen-bond acceptors (Lipinski definition) is 3. The van der Waals surface area contributed by atoms with Gasteiger partial charge < -0.3 is 4.90 Å². The fraction of sp³-hybridized carbons (Fsp3) is 0.200. The fourth-order valence-corrected chi connectivity index (χ4v) is 4.31. The molecule has 2 heterocycles. The Morgan fingerprint density at radius 3 is 2.35 bits per heavy atom. The summed E-state index contributed by atoms with van der Waals surface area (Å²) in [5, 5.41) is 6.13. The van der Waals surface area contributed by atoms with E-state index >= 15 is 0 Å². The summed E-state index contributed by atoms with van der Waals surface area (Å²) in [5.74, 6) is -0.769. The van der Waals surface area contributed by atoms with E-state index in [0.717, 1.165) is 29.8 Å². The van der Waals surface area contributed by atoms with Crippen LogP contribution in [0.3, 0.4) is 0 Å². The molecule has 0 fully saturated rings. The Bertz CT molecular complexity index is 1140. The summed E-state index contributed by atoms with van der Waals surface area (Å²) in [7, 11) is 0. The zero-order valence-electron chi connectivity index (χ0n) is 16.8. The van der Waals surface area contributed by atoms with Gasteiger partial charge in [0, 0.05) is 18.7 Å². The number of hydrazone groups is 1. The predicted octanol–water partition coefficient (Wildman–Crippen LogP) is 4.71. The number of carbonyl (C=O) groups is 1. The zero-order chi connectivity index (χ0) is 21.4. The molecule has 6 heteroatoms. The van der Waals surface area contributed by atoms with Gasteiger partial charge >= 0.3 is 0 Å². The topological polar surface area (TPSA) is 35.9 Å². The highest BCUT2D eigenvalue weighted by molar-refractivity contribution is 6.03. The number of hydrogen-bond donors (Lipinski definition) is 0. The molecule has 0 spiro atoms. The first-order valence-electron chi connectivity index (χ1n) is 10.3. The van der Waals surface area contributed by atoms with Gasteiger partial charge in [-0.05, 0) is 53.4 Å². The van der Waals surface area contributed by atoms with Gasteiger partial charge in [-0.2, -0.15) is 5.10 Å². The molecule has 2 aliphatic heterocycles. The van der Waals surface area contributed by atoms with Crippen LogP contribution >= 0.6 is 0 Å². The molecular formula is C25H21F2N3O. The monoisotopic (exact) mass is 417 g/mol. The van der Waals surface area contributed by atoms with Crippen molar-refractivity contribution in [3.8, 4) is 0 Å². The molecule has 0 N–H and O–H groups in total. The summed E-state index contributed by atoms with van der Waals surface area (Å²) in [6.07, 6.45) is 1.40. The van der Waals surface area contributed by atoms with E-state index in [1.165, 1.54) is 34.8 Å². The Kier molecular flexibility index (Phi) is 4.98. The van der Waals surface area contributed by atoms with Crippen molar-refractivity contribution in [3.63, 3.8) is 0 Å². The first kappa shape index (κ1) is 19.4. The van der Waals surface area contributed by atoms with Crippen LogP contribution in [0.1, 0.15) is 29.2 Å². The number of halogens is 2. The molecule has 5 rings (SSSR count). The molecule has 0 radical (unpaired) electrons. The molecule has 0 unspecified atom stereocenters. The van der Waals surface area contributed by atoms with Crippen molar-refractivity contribution in [1.82, 2.24) is 5.01 Å². The molecule has 4 nitrogen and oxygen atoms in total. The van der Waals surface area contributed by atoms with Crippen LogP contribution in [0.4, 0.5) is 14.5 Å². The van der Waals surface area contributed by atoms with Crippen LogP contribution in [0.25, 0.3) is 0 Å². The molecule has 2 aliphatic rings. The third-order valence-corrected chi connectivity index (χ3v) is 5.91. The van der Waals surface area contributed by atoms with Crippen LogP contribution in [0, 0.1) is 11.6 Å². The molecule has 0 bridgehead atoms. The maximum Gasteiger partial charge on any atom is 0.262 e. The quantitative estimate of drug-likeness (QED) is 0.617. The van der Waals surface area contributed by atoms with Crippen molar-refractivity contribution in [1.29, 1.82) is 0 Å². The molecule has 31 heavy (non-hydrogen) atoms. The van der Waals surface area contributed by atoms with Crippen molar-refractivity contribution in [2.24, 2.45) is 5.10 Å². The highest BCUT2D eigenvalue weighted by Crippen LogP contribution is 2.34. The molecule has 0 saturated heterocycles. The highest BCUT2D eigenvalue weighted by atomic mass is 19.1. The lowest BCUT2D eigenvalue weighted by atomic mass is 9.98. The van der Waals surface area contributed by atoms with Crippen molar-refractivity contribution in [2.75, 3.05) is 18.0 Å². The molecule has 156 valence electrons. The molecule has 0 aliphatic carbocycles. The van der Waals surface area contributed by atoms with Crippen LogP contribution in [0.2, 0.25) is 0 Å². The fourth-order valence-electron chi connectivity index (χ4n) is 4.31. The van der Waals surface area contributed by atoms with E-state index < -0.39 is 0 Å². The minimum atomic E-state index is -0.328. The number of nitrogens with zero attached hydrogens (tertiary/aromatic N) is 3. The van der Waals surface area contributed by atoms with Crippen LogP contribution in [0.5, 0.6) is 0 Å². The molecule has 3 aromatic rings. The number of amides is 1. The summed E-state index contributed by atoms with van der Waals surface area (Å²) in [5.41, 5.74) is 4.62. The second-order valence-corrected chi connectivity index (χ2v) is 7.86. The van der Waals surface area contributed by atoms with Crippen LogP contribution < -0.4 is 4.90 Å². The lowest BCUT2D eigenvalue weighted by Crippen LogP contribution is -2.37. The van der Waals surface area contributed by atoms with Crippen LogP contribution in [0.15, 0.2) is 77.9 Å². The molecule has 1 amide bonds. The normalized spacial score (nSPS) is 17.6. The molecule has 1 atom stereocenters. The van der Waals surface area contributed by atoms with Gasteiger partial charge in [0.25, 0.3) is 5.91 Å². The number of benzene rings is 3. The van der Waals surface area contributed by atoms with Crippen molar-refractivity contribution < 1.29 is 13.6 Å². The van der Waals surface area contributed by atoms with E-state index in [2.05, 4.69) is 16.1 Å². The predicted molar refractivity (Wildman–Crippen MR) is 116 cm³/mol. The molecular weight excluding hydrogens is 396 g/mol. The van der Waals surface area contributed by atoms with Gasteiger partial charge in [0.1, 0.15) is 11.6 Å². The number of carbonyl (C=O) groups excluding carboxylic acids is 1. The Morgan fingerprint density at radius 1 is 0.935 bits per heavy atom. The van der Waals surface area contributed by atoms with Gasteiger partial charge in [-0.3, -0.25) is 4.79 Å².